The molecular formula is C19H23FN2O4S. The number of rotatable bonds is 8. The van der Waals surface area contributed by atoms with E-state index in [-0.39, 0.29) is 13.1 Å². The molecule has 0 fully saturated rings. The van der Waals surface area contributed by atoms with Crippen molar-refractivity contribution in [3.8, 4) is 5.75 Å². The predicted octanol–water partition coefficient (Wildman–Crippen LogP) is 2.30. The predicted molar refractivity (Wildman–Crippen MR) is 101 cm³/mol. The van der Waals surface area contributed by atoms with Crippen LogP contribution in [0.1, 0.15) is 18.1 Å². The van der Waals surface area contributed by atoms with Crippen LogP contribution >= 0.6 is 0 Å². The molecule has 1 unspecified atom stereocenters. The van der Waals surface area contributed by atoms with E-state index in [9.17, 15) is 17.6 Å². The third kappa shape index (κ3) is 6.65. The van der Waals surface area contributed by atoms with Crippen LogP contribution in [0.4, 0.5) is 4.39 Å². The molecule has 0 saturated carbocycles. The van der Waals surface area contributed by atoms with Crippen molar-refractivity contribution in [3.63, 3.8) is 0 Å². The van der Waals surface area contributed by atoms with Gasteiger partial charge in [-0.2, -0.15) is 0 Å². The third-order valence-corrected chi connectivity index (χ3v) is 4.65. The standard InChI is InChI=1S/C19H23FN2O4S/c1-14(21-27(3,24)25)19(23)22(13-16-5-4-6-17(20)11-16)12-15-7-9-18(26-2)10-8-15/h4-11,14,21H,12-13H2,1-3H3. The molecule has 0 aromatic heterocycles. The van der Waals surface area contributed by atoms with Gasteiger partial charge < -0.3 is 9.64 Å². The summed E-state index contributed by atoms with van der Waals surface area (Å²) in [4.78, 5) is 14.3. The topological polar surface area (TPSA) is 75.7 Å². The average molecular weight is 394 g/mol. The number of sulfonamides is 1. The first-order chi connectivity index (χ1) is 12.7. The van der Waals surface area contributed by atoms with Crippen molar-refractivity contribution in [1.29, 1.82) is 0 Å². The molecule has 2 aromatic rings. The van der Waals surface area contributed by atoms with Crippen molar-refractivity contribution in [3.05, 3.63) is 65.5 Å². The number of carbonyl (C=O) groups is 1. The zero-order chi connectivity index (χ0) is 20.0. The van der Waals surface area contributed by atoms with E-state index in [2.05, 4.69) is 4.72 Å². The molecule has 0 spiro atoms. The monoisotopic (exact) mass is 394 g/mol. The maximum absolute atomic E-state index is 13.5. The lowest BCUT2D eigenvalue weighted by atomic mass is 10.1. The molecule has 146 valence electrons. The highest BCUT2D eigenvalue weighted by molar-refractivity contribution is 7.88. The zero-order valence-corrected chi connectivity index (χ0v) is 16.3. The molecule has 1 N–H and O–H groups in total. The summed E-state index contributed by atoms with van der Waals surface area (Å²) in [6, 6.07) is 12.2. The number of nitrogens with zero attached hydrogens (tertiary/aromatic N) is 1. The molecule has 2 rings (SSSR count). The van der Waals surface area contributed by atoms with Crippen LogP contribution in [0.25, 0.3) is 0 Å². The lowest BCUT2D eigenvalue weighted by molar-refractivity contribution is -0.133. The fourth-order valence-corrected chi connectivity index (χ4v) is 3.41. The summed E-state index contributed by atoms with van der Waals surface area (Å²) in [7, 11) is -1.97. The van der Waals surface area contributed by atoms with Crippen LogP contribution < -0.4 is 9.46 Å². The summed E-state index contributed by atoms with van der Waals surface area (Å²) in [5.41, 5.74) is 1.45. The first kappa shape index (κ1) is 20.9. The van der Waals surface area contributed by atoms with Gasteiger partial charge in [-0.25, -0.2) is 17.5 Å². The maximum Gasteiger partial charge on any atom is 0.241 e. The van der Waals surface area contributed by atoms with Gasteiger partial charge in [-0.3, -0.25) is 4.79 Å². The highest BCUT2D eigenvalue weighted by atomic mass is 32.2. The maximum atomic E-state index is 13.5. The minimum absolute atomic E-state index is 0.151. The van der Waals surface area contributed by atoms with Crippen molar-refractivity contribution in [2.24, 2.45) is 0 Å². The van der Waals surface area contributed by atoms with E-state index in [1.165, 1.54) is 24.0 Å². The molecule has 0 bridgehead atoms. The molecule has 0 aliphatic heterocycles. The van der Waals surface area contributed by atoms with E-state index in [0.717, 1.165) is 11.8 Å². The number of nitrogens with one attached hydrogen (secondary N) is 1. The number of amides is 1. The number of benzene rings is 2. The van der Waals surface area contributed by atoms with E-state index >= 15 is 0 Å². The Morgan fingerprint density at radius 1 is 1.15 bits per heavy atom. The van der Waals surface area contributed by atoms with Crippen LogP contribution in [-0.4, -0.2) is 38.6 Å². The molecule has 1 atom stereocenters. The third-order valence-electron chi connectivity index (χ3n) is 3.87. The van der Waals surface area contributed by atoms with Gasteiger partial charge in [-0.15, -0.1) is 0 Å². The number of carbonyl (C=O) groups excluding carboxylic acids is 1. The number of hydrogen-bond donors (Lipinski definition) is 1. The molecule has 2 aromatic carbocycles. The van der Waals surface area contributed by atoms with Crippen LogP contribution in [-0.2, 0) is 27.9 Å². The normalized spacial score (nSPS) is 12.4. The van der Waals surface area contributed by atoms with Crippen LogP contribution in [0.3, 0.4) is 0 Å². The molecule has 0 aliphatic rings. The minimum atomic E-state index is -3.54. The molecule has 0 radical (unpaired) electrons. The van der Waals surface area contributed by atoms with Gasteiger partial charge in [0.2, 0.25) is 15.9 Å². The molecule has 6 nitrogen and oxygen atoms in total. The summed E-state index contributed by atoms with van der Waals surface area (Å²) in [6.07, 6.45) is 0.997. The Morgan fingerprint density at radius 2 is 1.78 bits per heavy atom. The Balaban J connectivity index is 2.24. The van der Waals surface area contributed by atoms with Crippen LogP contribution in [0.2, 0.25) is 0 Å². The Hall–Kier alpha value is -2.45. The van der Waals surface area contributed by atoms with Crippen molar-refractivity contribution in [2.75, 3.05) is 13.4 Å². The van der Waals surface area contributed by atoms with E-state index in [1.807, 2.05) is 12.1 Å². The van der Waals surface area contributed by atoms with Crippen molar-refractivity contribution >= 4 is 15.9 Å². The highest BCUT2D eigenvalue weighted by Gasteiger charge is 2.23. The van der Waals surface area contributed by atoms with Gasteiger partial charge in [-0.05, 0) is 42.3 Å². The number of methoxy groups -OCH3 is 1. The van der Waals surface area contributed by atoms with Gasteiger partial charge in [0.15, 0.2) is 0 Å². The fourth-order valence-electron chi connectivity index (χ4n) is 2.66. The van der Waals surface area contributed by atoms with Crippen LogP contribution in [0.5, 0.6) is 5.75 Å². The second-order valence-corrected chi connectivity index (χ2v) is 8.06. The first-order valence-corrected chi connectivity index (χ1v) is 10.2. The quantitative estimate of drug-likeness (QED) is 0.746. The second-order valence-electron chi connectivity index (χ2n) is 6.28. The van der Waals surface area contributed by atoms with Gasteiger partial charge in [0, 0.05) is 13.1 Å². The minimum Gasteiger partial charge on any atom is -0.497 e. The number of ether oxygens (including phenoxy) is 1. The first-order valence-electron chi connectivity index (χ1n) is 8.31. The van der Waals surface area contributed by atoms with Gasteiger partial charge in [0.1, 0.15) is 11.6 Å². The second kappa shape index (κ2) is 8.96. The van der Waals surface area contributed by atoms with Gasteiger partial charge in [0.25, 0.3) is 0 Å². The van der Waals surface area contributed by atoms with E-state index in [4.69, 9.17) is 4.74 Å². The summed E-state index contributed by atoms with van der Waals surface area (Å²) >= 11 is 0. The summed E-state index contributed by atoms with van der Waals surface area (Å²) in [6.45, 7) is 1.88. The van der Waals surface area contributed by atoms with Crippen LogP contribution in [0.15, 0.2) is 48.5 Å². The van der Waals surface area contributed by atoms with Gasteiger partial charge in [0.05, 0.1) is 19.4 Å². The lowest BCUT2D eigenvalue weighted by Gasteiger charge is -2.26. The Bertz CT molecular complexity index is 885. The van der Waals surface area contributed by atoms with Gasteiger partial charge >= 0.3 is 0 Å². The summed E-state index contributed by atoms with van der Waals surface area (Å²) in [5, 5.41) is 0. The average Bonchev–Trinajstić information content (AvgIpc) is 2.59. The molecule has 0 heterocycles. The van der Waals surface area contributed by atoms with Crippen LogP contribution in [0, 0.1) is 5.82 Å². The molecule has 1 amide bonds. The Kier molecular flexibility index (Phi) is 6.92. The van der Waals surface area contributed by atoms with E-state index < -0.39 is 27.8 Å². The summed E-state index contributed by atoms with van der Waals surface area (Å²) < 4.78 is 43.8. The summed E-state index contributed by atoms with van der Waals surface area (Å²) in [5.74, 6) is -0.110. The Morgan fingerprint density at radius 3 is 2.33 bits per heavy atom. The lowest BCUT2D eigenvalue weighted by Crippen LogP contribution is -2.46. The fraction of sp³-hybridized carbons (Fsp3) is 0.316. The van der Waals surface area contributed by atoms with Crippen molar-refractivity contribution in [1.82, 2.24) is 9.62 Å². The Labute approximate surface area is 159 Å². The number of halogens is 1. The van der Waals surface area contributed by atoms with E-state index in [0.29, 0.717) is 11.3 Å². The molecule has 0 aliphatic carbocycles. The highest BCUT2D eigenvalue weighted by Crippen LogP contribution is 2.16. The smallest absolute Gasteiger partial charge is 0.241 e. The number of hydrogen-bond acceptors (Lipinski definition) is 4. The molecule has 0 saturated heterocycles. The zero-order valence-electron chi connectivity index (χ0n) is 15.5. The van der Waals surface area contributed by atoms with Crippen molar-refractivity contribution in [2.45, 2.75) is 26.1 Å². The molecule has 27 heavy (non-hydrogen) atoms. The SMILES string of the molecule is COc1ccc(CN(Cc2cccc(F)c2)C(=O)C(C)NS(C)(=O)=O)cc1. The van der Waals surface area contributed by atoms with Gasteiger partial charge in [-0.1, -0.05) is 24.3 Å². The molecular weight excluding hydrogens is 371 g/mol. The van der Waals surface area contributed by atoms with E-state index in [1.54, 1.807) is 31.4 Å². The molecule has 8 heteroatoms. The van der Waals surface area contributed by atoms with Crippen molar-refractivity contribution < 1.29 is 22.3 Å². The largest absolute Gasteiger partial charge is 0.497 e.